The third kappa shape index (κ3) is 4.64. The van der Waals surface area contributed by atoms with Crippen LogP contribution in [0, 0.1) is 0 Å². The van der Waals surface area contributed by atoms with Crippen molar-refractivity contribution >= 4 is 16.7 Å². The third-order valence-electron chi connectivity index (χ3n) is 6.16. The molecule has 0 bridgehead atoms. The molecule has 5 rings (SSSR count). The number of hydrogen-bond acceptors (Lipinski definition) is 6. The summed E-state index contributed by atoms with van der Waals surface area (Å²) in [6, 6.07) is 7.77. The molecule has 0 radical (unpaired) electrons. The number of rotatable bonds is 6. The van der Waals surface area contributed by atoms with E-state index in [1.165, 1.54) is 6.33 Å². The van der Waals surface area contributed by atoms with Crippen LogP contribution in [-0.4, -0.2) is 69.6 Å². The van der Waals surface area contributed by atoms with Crippen molar-refractivity contribution < 1.29 is 17.9 Å². The van der Waals surface area contributed by atoms with E-state index >= 15 is 0 Å². The van der Waals surface area contributed by atoms with Crippen LogP contribution in [-0.2, 0) is 0 Å². The lowest BCUT2D eigenvalue weighted by Gasteiger charge is -2.35. The van der Waals surface area contributed by atoms with Crippen LogP contribution in [0.25, 0.3) is 22.3 Å². The van der Waals surface area contributed by atoms with Crippen LogP contribution >= 0.6 is 0 Å². The van der Waals surface area contributed by atoms with Crippen LogP contribution in [0.4, 0.5) is 19.0 Å². The van der Waals surface area contributed by atoms with Gasteiger partial charge in [-0.15, -0.1) is 0 Å². The molecule has 1 saturated heterocycles. The monoisotopic (exact) mass is 446 g/mol. The maximum absolute atomic E-state index is 12.5. The molecule has 3 aromatic rings. The molecule has 170 valence electrons. The van der Waals surface area contributed by atoms with Gasteiger partial charge < -0.3 is 9.64 Å². The number of H-pyrrole nitrogens is 1. The third-order valence-corrected chi connectivity index (χ3v) is 6.16. The molecular formula is C22H25F3N6O. The van der Waals surface area contributed by atoms with E-state index in [-0.39, 0.29) is 12.1 Å². The number of fused-ring (bicyclic) bond motifs is 1. The molecule has 2 aliphatic rings. The van der Waals surface area contributed by atoms with Gasteiger partial charge >= 0.3 is 6.18 Å². The van der Waals surface area contributed by atoms with Gasteiger partial charge in [-0.3, -0.25) is 10.00 Å². The summed E-state index contributed by atoms with van der Waals surface area (Å²) in [7, 11) is 0. The van der Waals surface area contributed by atoms with E-state index in [1.54, 1.807) is 0 Å². The smallest absolute Gasteiger partial charge is 0.390 e. The molecule has 1 aliphatic heterocycles. The number of nitrogens with zero attached hydrogens (tertiary/aromatic N) is 5. The Bertz CT molecular complexity index is 1100. The number of ether oxygens (including phenoxy) is 1. The summed E-state index contributed by atoms with van der Waals surface area (Å²) in [5.74, 6) is 1.56. The SMILES string of the molecule is CC1(Oc2ccc3[nH]nc(-c4cc(N5CCN(CCC(F)(F)F)CC5)ncn4)c3c2)CC1. The normalized spacial score (nSPS) is 18.8. The van der Waals surface area contributed by atoms with Gasteiger partial charge in [0, 0.05) is 44.2 Å². The van der Waals surface area contributed by atoms with Crippen molar-refractivity contribution in [1.29, 1.82) is 0 Å². The molecule has 10 heteroatoms. The van der Waals surface area contributed by atoms with Gasteiger partial charge in [0.1, 0.15) is 29.2 Å². The molecule has 1 aliphatic carbocycles. The number of alkyl halides is 3. The second-order valence-corrected chi connectivity index (χ2v) is 8.79. The average molecular weight is 446 g/mol. The van der Waals surface area contributed by atoms with E-state index in [2.05, 4.69) is 32.0 Å². The van der Waals surface area contributed by atoms with E-state index in [9.17, 15) is 13.2 Å². The molecule has 0 amide bonds. The van der Waals surface area contributed by atoms with Gasteiger partial charge in [0.15, 0.2) is 0 Å². The maximum atomic E-state index is 12.5. The summed E-state index contributed by atoms with van der Waals surface area (Å²) < 4.78 is 43.5. The van der Waals surface area contributed by atoms with Gasteiger partial charge in [0.25, 0.3) is 0 Å². The number of anilines is 1. The lowest BCUT2D eigenvalue weighted by Crippen LogP contribution is -2.47. The van der Waals surface area contributed by atoms with Crippen LogP contribution < -0.4 is 9.64 Å². The van der Waals surface area contributed by atoms with Crippen molar-refractivity contribution in [3.05, 3.63) is 30.6 Å². The van der Waals surface area contributed by atoms with Crippen molar-refractivity contribution in [3.8, 4) is 17.1 Å². The highest BCUT2D eigenvalue weighted by Gasteiger charge is 2.40. The molecule has 7 nitrogen and oxygen atoms in total. The molecule has 1 saturated carbocycles. The predicted octanol–water partition coefficient (Wildman–Crippen LogP) is 4.03. The number of piperazine rings is 1. The minimum Gasteiger partial charge on any atom is -0.488 e. The van der Waals surface area contributed by atoms with Crippen LogP contribution in [0.5, 0.6) is 5.75 Å². The number of benzene rings is 1. The molecule has 1 N–H and O–H groups in total. The zero-order valence-electron chi connectivity index (χ0n) is 17.8. The van der Waals surface area contributed by atoms with Crippen molar-refractivity contribution in [2.45, 2.75) is 38.0 Å². The van der Waals surface area contributed by atoms with E-state index in [1.807, 2.05) is 29.2 Å². The first-order chi connectivity index (χ1) is 15.3. The fourth-order valence-corrected chi connectivity index (χ4v) is 3.95. The van der Waals surface area contributed by atoms with Gasteiger partial charge in [0.2, 0.25) is 0 Å². The van der Waals surface area contributed by atoms with Gasteiger partial charge in [-0.05, 0) is 38.0 Å². The number of halogens is 3. The summed E-state index contributed by atoms with van der Waals surface area (Å²) >= 11 is 0. The van der Waals surface area contributed by atoms with Gasteiger partial charge in [-0.2, -0.15) is 18.3 Å². The lowest BCUT2D eigenvalue weighted by atomic mass is 10.1. The largest absolute Gasteiger partial charge is 0.488 e. The molecule has 32 heavy (non-hydrogen) atoms. The van der Waals surface area contributed by atoms with Crippen LogP contribution in [0.2, 0.25) is 0 Å². The Kier molecular flexibility index (Phi) is 5.19. The summed E-state index contributed by atoms with van der Waals surface area (Å²) in [6.45, 7) is 4.51. The lowest BCUT2D eigenvalue weighted by molar-refractivity contribution is -0.138. The molecule has 2 fully saturated rings. The average Bonchev–Trinajstić information content (AvgIpc) is 3.34. The summed E-state index contributed by atoms with van der Waals surface area (Å²) in [4.78, 5) is 12.7. The number of hydrogen-bond donors (Lipinski definition) is 1. The summed E-state index contributed by atoms with van der Waals surface area (Å²) in [5.41, 5.74) is 2.24. The van der Waals surface area contributed by atoms with Crippen molar-refractivity contribution in [2.24, 2.45) is 0 Å². The van der Waals surface area contributed by atoms with E-state index < -0.39 is 12.6 Å². The summed E-state index contributed by atoms with van der Waals surface area (Å²) in [6.07, 6.45) is -1.27. The molecule has 3 heterocycles. The minimum atomic E-state index is -4.12. The first kappa shape index (κ1) is 21.0. The highest BCUT2D eigenvalue weighted by atomic mass is 19.4. The zero-order valence-corrected chi connectivity index (χ0v) is 17.8. The van der Waals surface area contributed by atoms with Crippen LogP contribution in [0.3, 0.4) is 0 Å². The standard InChI is InChI=1S/C22H25F3N6O/c1-21(4-5-21)32-15-2-3-17-16(12-15)20(29-28-17)18-13-19(27-14-26-18)31-10-8-30(9-11-31)7-6-22(23,24)25/h2-3,12-14H,4-11H2,1H3,(H,28,29). The minimum absolute atomic E-state index is 0.0368. The quantitative estimate of drug-likeness (QED) is 0.617. The Morgan fingerprint density at radius 1 is 1.09 bits per heavy atom. The Balaban J connectivity index is 1.31. The Morgan fingerprint density at radius 3 is 2.59 bits per heavy atom. The highest BCUT2D eigenvalue weighted by Crippen LogP contribution is 2.40. The number of aromatic nitrogens is 4. The molecule has 1 aromatic carbocycles. The van der Waals surface area contributed by atoms with Gasteiger partial charge in [-0.1, -0.05) is 0 Å². The highest BCUT2D eigenvalue weighted by molar-refractivity contribution is 5.93. The van der Waals surface area contributed by atoms with Gasteiger partial charge in [0.05, 0.1) is 17.6 Å². The second kappa shape index (κ2) is 7.91. The molecule has 0 atom stereocenters. The van der Waals surface area contributed by atoms with E-state index in [0.717, 1.165) is 41.0 Å². The Morgan fingerprint density at radius 2 is 1.88 bits per heavy atom. The second-order valence-electron chi connectivity index (χ2n) is 8.79. The van der Waals surface area contributed by atoms with Crippen molar-refractivity contribution in [1.82, 2.24) is 25.1 Å². The number of nitrogens with one attached hydrogen (secondary N) is 1. The fraction of sp³-hybridized carbons (Fsp3) is 0.500. The first-order valence-electron chi connectivity index (χ1n) is 10.8. The van der Waals surface area contributed by atoms with Crippen LogP contribution in [0.1, 0.15) is 26.2 Å². The molecule has 0 unspecified atom stereocenters. The predicted molar refractivity (Wildman–Crippen MR) is 115 cm³/mol. The Labute approximate surface area is 183 Å². The molecule has 0 spiro atoms. The fourth-order valence-electron chi connectivity index (χ4n) is 3.95. The molecule has 2 aromatic heterocycles. The number of aromatic amines is 1. The molecular weight excluding hydrogens is 421 g/mol. The van der Waals surface area contributed by atoms with Crippen LogP contribution in [0.15, 0.2) is 30.6 Å². The van der Waals surface area contributed by atoms with Gasteiger partial charge in [-0.25, -0.2) is 9.97 Å². The Hall–Kier alpha value is -2.88. The van der Waals surface area contributed by atoms with Crippen molar-refractivity contribution in [2.75, 3.05) is 37.6 Å². The topological polar surface area (TPSA) is 70.2 Å². The summed E-state index contributed by atoms with van der Waals surface area (Å²) in [5, 5.41) is 8.43. The van der Waals surface area contributed by atoms with Crippen molar-refractivity contribution in [3.63, 3.8) is 0 Å². The van der Waals surface area contributed by atoms with E-state index in [0.29, 0.717) is 31.9 Å². The first-order valence-corrected chi connectivity index (χ1v) is 10.8. The zero-order chi connectivity index (χ0) is 22.3. The van der Waals surface area contributed by atoms with E-state index in [4.69, 9.17) is 4.74 Å². The maximum Gasteiger partial charge on any atom is 0.390 e.